The third-order valence-corrected chi connectivity index (χ3v) is 4.21. The van der Waals surface area contributed by atoms with Gasteiger partial charge < -0.3 is 23.5 Å². The molecule has 1 aromatic heterocycles. The summed E-state index contributed by atoms with van der Waals surface area (Å²) in [4.78, 5) is 16.2. The number of hydrogen-bond acceptors (Lipinski definition) is 8. The van der Waals surface area contributed by atoms with Crippen molar-refractivity contribution in [1.29, 1.82) is 0 Å². The molecule has 0 aliphatic carbocycles. The molecule has 152 valence electrons. The Morgan fingerprint density at radius 3 is 2.45 bits per heavy atom. The largest absolute Gasteiger partial charge is 0.493 e. The maximum absolute atomic E-state index is 12.0. The summed E-state index contributed by atoms with van der Waals surface area (Å²) in [5.41, 5.74) is 2.59. The van der Waals surface area contributed by atoms with Gasteiger partial charge in [-0.05, 0) is 43.2 Å². The van der Waals surface area contributed by atoms with Crippen LogP contribution in [0.15, 0.2) is 40.9 Å². The Labute approximate surface area is 168 Å². The predicted octanol–water partition coefficient (Wildman–Crippen LogP) is 3.49. The molecular weight excluding hydrogens is 376 g/mol. The Bertz CT molecular complexity index is 978. The molecule has 0 aliphatic heterocycles. The van der Waals surface area contributed by atoms with Crippen molar-refractivity contribution in [2.75, 3.05) is 20.8 Å². The second kappa shape index (κ2) is 9.09. The lowest BCUT2D eigenvalue weighted by atomic mass is 10.1. The molecular formula is C21H22N2O6. The molecule has 0 radical (unpaired) electrons. The van der Waals surface area contributed by atoms with E-state index in [1.54, 1.807) is 32.4 Å². The monoisotopic (exact) mass is 398 g/mol. The van der Waals surface area contributed by atoms with Crippen molar-refractivity contribution < 1.29 is 28.3 Å². The minimum absolute atomic E-state index is 0.144. The van der Waals surface area contributed by atoms with Gasteiger partial charge in [-0.2, -0.15) is 4.98 Å². The van der Waals surface area contributed by atoms with E-state index < -0.39 is 5.97 Å². The Balaban J connectivity index is 1.57. The molecule has 3 aromatic rings. The molecule has 8 nitrogen and oxygen atoms in total. The first-order valence-corrected chi connectivity index (χ1v) is 8.91. The first kappa shape index (κ1) is 20.2. The second-order valence-corrected chi connectivity index (χ2v) is 6.25. The van der Waals surface area contributed by atoms with Gasteiger partial charge in [0.1, 0.15) is 5.75 Å². The summed E-state index contributed by atoms with van der Waals surface area (Å²) >= 11 is 0. The van der Waals surface area contributed by atoms with Crippen LogP contribution in [0.25, 0.3) is 11.4 Å². The van der Waals surface area contributed by atoms with E-state index in [0.29, 0.717) is 28.6 Å². The number of para-hydroxylation sites is 1. The van der Waals surface area contributed by atoms with Crippen LogP contribution in [-0.2, 0) is 16.1 Å². The van der Waals surface area contributed by atoms with Crippen molar-refractivity contribution in [2.24, 2.45) is 0 Å². The van der Waals surface area contributed by atoms with E-state index in [0.717, 1.165) is 11.1 Å². The van der Waals surface area contributed by atoms with E-state index in [9.17, 15) is 4.79 Å². The van der Waals surface area contributed by atoms with Crippen LogP contribution in [0.2, 0.25) is 0 Å². The summed E-state index contributed by atoms with van der Waals surface area (Å²) in [6, 6.07) is 11.0. The van der Waals surface area contributed by atoms with E-state index in [2.05, 4.69) is 10.1 Å². The number of rotatable bonds is 8. The molecule has 0 bridgehead atoms. The van der Waals surface area contributed by atoms with Crippen LogP contribution in [0.5, 0.6) is 17.2 Å². The number of esters is 1. The molecule has 1 heterocycles. The van der Waals surface area contributed by atoms with Gasteiger partial charge in [-0.1, -0.05) is 23.4 Å². The topological polar surface area (TPSA) is 92.9 Å². The Morgan fingerprint density at radius 1 is 1.03 bits per heavy atom. The van der Waals surface area contributed by atoms with Crippen LogP contribution in [-0.4, -0.2) is 36.9 Å². The highest BCUT2D eigenvalue weighted by molar-refractivity contribution is 5.71. The van der Waals surface area contributed by atoms with Gasteiger partial charge in [-0.25, -0.2) is 4.79 Å². The summed E-state index contributed by atoms with van der Waals surface area (Å²) in [5, 5.41) is 3.91. The van der Waals surface area contributed by atoms with Crippen molar-refractivity contribution in [3.05, 3.63) is 53.4 Å². The van der Waals surface area contributed by atoms with Gasteiger partial charge in [-0.3, -0.25) is 0 Å². The zero-order chi connectivity index (χ0) is 20.8. The fourth-order valence-corrected chi connectivity index (χ4v) is 2.75. The minimum Gasteiger partial charge on any atom is -0.493 e. The molecule has 0 fully saturated rings. The molecule has 8 heteroatoms. The number of aryl methyl sites for hydroxylation is 2. The first-order valence-electron chi connectivity index (χ1n) is 8.91. The Hall–Kier alpha value is -3.55. The zero-order valence-electron chi connectivity index (χ0n) is 16.7. The fourth-order valence-electron chi connectivity index (χ4n) is 2.75. The maximum atomic E-state index is 12.0. The normalized spacial score (nSPS) is 10.5. The van der Waals surface area contributed by atoms with Gasteiger partial charge in [-0.15, -0.1) is 0 Å². The number of hydrogen-bond donors (Lipinski definition) is 0. The number of benzene rings is 2. The average molecular weight is 398 g/mol. The Kier molecular flexibility index (Phi) is 6.33. The van der Waals surface area contributed by atoms with Crippen molar-refractivity contribution in [1.82, 2.24) is 10.1 Å². The van der Waals surface area contributed by atoms with Crippen LogP contribution in [0.3, 0.4) is 0 Å². The summed E-state index contributed by atoms with van der Waals surface area (Å²) in [5.74, 6) is 1.82. The number of aromatic nitrogens is 2. The first-order chi connectivity index (χ1) is 14.0. The van der Waals surface area contributed by atoms with E-state index in [1.165, 1.54) is 0 Å². The fraction of sp³-hybridized carbons (Fsp3) is 0.286. The van der Waals surface area contributed by atoms with E-state index in [4.69, 9.17) is 23.5 Å². The predicted molar refractivity (Wildman–Crippen MR) is 104 cm³/mol. The lowest BCUT2D eigenvalue weighted by molar-refractivity contribution is -0.148. The molecule has 3 rings (SSSR count). The Morgan fingerprint density at radius 2 is 1.76 bits per heavy atom. The van der Waals surface area contributed by atoms with Crippen LogP contribution >= 0.6 is 0 Å². The van der Waals surface area contributed by atoms with Gasteiger partial charge in [0.15, 0.2) is 24.7 Å². The van der Waals surface area contributed by atoms with Crippen LogP contribution in [0.1, 0.15) is 17.0 Å². The number of ether oxygens (including phenoxy) is 4. The SMILES string of the molecule is COc1ccc(-c2noc(COC(=O)COc3c(C)cccc3C)n2)cc1OC. The second-order valence-electron chi connectivity index (χ2n) is 6.25. The highest BCUT2D eigenvalue weighted by atomic mass is 16.6. The molecule has 0 unspecified atom stereocenters. The van der Waals surface area contributed by atoms with Gasteiger partial charge in [0.2, 0.25) is 5.82 Å². The molecule has 29 heavy (non-hydrogen) atoms. The van der Waals surface area contributed by atoms with E-state index in [-0.39, 0.29) is 19.1 Å². The quantitative estimate of drug-likeness (QED) is 0.533. The van der Waals surface area contributed by atoms with E-state index in [1.807, 2.05) is 32.0 Å². The highest BCUT2D eigenvalue weighted by Gasteiger charge is 2.14. The van der Waals surface area contributed by atoms with Crippen molar-refractivity contribution in [3.8, 4) is 28.6 Å². The number of nitrogens with zero attached hydrogens (tertiary/aromatic N) is 2. The lowest BCUT2D eigenvalue weighted by Crippen LogP contribution is -2.15. The number of methoxy groups -OCH3 is 2. The van der Waals surface area contributed by atoms with Gasteiger partial charge >= 0.3 is 5.97 Å². The highest BCUT2D eigenvalue weighted by Crippen LogP contribution is 2.31. The average Bonchev–Trinajstić information content (AvgIpc) is 3.20. The maximum Gasteiger partial charge on any atom is 0.344 e. The van der Waals surface area contributed by atoms with Gasteiger partial charge in [0.05, 0.1) is 14.2 Å². The molecule has 2 aromatic carbocycles. The lowest BCUT2D eigenvalue weighted by Gasteiger charge is -2.10. The number of carbonyl (C=O) groups excluding carboxylic acids is 1. The standard InChI is InChI=1S/C21H22N2O6/c1-13-6-5-7-14(2)20(13)28-12-19(24)27-11-18-22-21(23-29-18)15-8-9-16(25-3)17(10-15)26-4/h5-10H,11-12H2,1-4H3. The molecule has 0 spiro atoms. The van der Waals surface area contributed by atoms with Crippen molar-refractivity contribution in [2.45, 2.75) is 20.5 Å². The van der Waals surface area contributed by atoms with Crippen LogP contribution in [0.4, 0.5) is 0 Å². The third-order valence-electron chi connectivity index (χ3n) is 4.21. The van der Waals surface area contributed by atoms with Gasteiger partial charge in [0, 0.05) is 5.56 Å². The molecule has 0 saturated heterocycles. The summed E-state index contributed by atoms with van der Waals surface area (Å²) in [6.07, 6.45) is 0. The summed E-state index contributed by atoms with van der Waals surface area (Å²) in [7, 11) is 3.10. The third kappa shape index (κ3) is 4.84. The minimum atomic E-state index is -0.529. The van der Waals surface area contributed by atoms with Crippen LogP contribution in [0, 0.1) is 13.8 Å². The van der Waals surface area contributed by atoms with Crippen molar-refractivity contribution >= 4 is 5.97 Å². The molecule has 0 amide bonds. The summed E-state index contributed by atoms with van der Waals surface area (Å²) < 4.78 is 26.4. The van der Waals surface area contributed by atoms with Crippen LogP contribution < -0.4 is 14.2 Å². The smallest absolute Gasteiger partial charge is 0.344 e. The van der Waals surface area contributed by atoms with Gasteiger partial charge in [0.25, 0.3) is 5.89 Å². The molecule has 0 aliphatic rings. The van der Waals surface area contributed by atoms with Crippen molar-refractivity contribution in [3.63, 3.8) is 0 Å². The molecule has 0 N–H and O–H groups in total. The summed E-state index contributed by atoms with van der Waals surface area (Å²) in [6.45, 7) is 3.49. The molecule has 0 saturated carbocycles. The van der Waals surface area contributed by atoms with E-state index >= 15 is 0 Å². The molecule has 0 atom stereocenters. The number of carbonyl (C=O) groups is 1. The zero-order valence-corrected chi connectivity index (χ0v) is 16.7.